The molecule has 0 aliphatic heterocycles. The van der Waals surface area contributed by atoms with Crippen LogP contribution in [0.4, 0.5) is 5.69 Å². The van der Waals surface area contributed by atoms with Gasteiger partial charge in [-0.25, -0.2) is 4.79 Å². The normalized spacial score (nSPS) is 11.5. The highest BCUT2D eigenvalue weighted by molar-refractivity contribution is 6.05. The van der Waals surface area contributed by atoms with Crippen LogP contribution < -0.4 is 5.32 Å². The molecule has 1 amide bonds. The molecule has 3 aromatic rings. The number of carboxylic acid groups (broad SMARTS) is 1. The van der Waals surface area contributed by atoms with E-state index in [0.717, 1.165) is 22.3 Å². The third-order valence-corrected chi connectivity index (χ3v) is 4.85. The zero-order chi connectivity index (χ0) is 20.6. The summed E-state index contributed by atoms with van der Waals surface area (Å²) in [6, 6.07) is 6.78. The number of nitrogens with one attached hydrogen (secondary N) is 2. The summed E-state index contributed by atoms with van der Waals surface area (Å²) < 4.78 is 6.02. The third-order valence-electron chi connectivity index (χ3n) is 4.85. The first-order valence-electron chi connectivity index (χ1n) is 9.55. The molecule has 0 aliphatic carbocycles. The highest BCUT2D eigenvalue weighted by atomic mass is 16.4. The number of carbonyl (C=O) groups is 2. The second-order valence-corrected chi connectivity index (χ2v) is 7.59. The molecule has 0 atom stereocenters. The van der Waals surface area contributed by atoms with E-state index in [2.05, 4.69) is 38.0 Å². The molecular weight excluding hydrogens is 356 g/mol. The van der Waals surface area contributed by atoms with Crippen LogP contribution in [-0.2, 0) is 6.42 Å². The number of aromatic amines is 1. The summed E-state index contributed by atoms with van der Waals surface area (Å²) in [7, 11) is 0. The molecule has 6 nitrogen and oxygen atoms in total. The smallest absolute Gasteiger partial charge is 0.352 e. The fraction of sp³-hybridized carbons (Fsp3) is 0.364. The fourth-order valence-electron chi connectivity index (χ4n) is 3.61. The van der Waals surface area contributed by atoms with Crippen LogP contribution in [0.5, 0.6) is 0 Å². The van der Waals surface area contributed by atoms with Crippen LogP contribution in [0.15, 0.2) is 28.7 Å². The SMILES string of the molecule is CCc1c(C(=O)Nc2ccc3[nH]c(C(=O)O)cc3c2)oc(C(C)C)c1C(C)C. The standard InChI is InChI=1S/C22H26N2O4/c1-6-15-18(11(2)3)19(12(4)5)28-20(15)21(25)23-14-7-8-16-13(9-14)10-17(24-16)22(26)27/h7-12,24H,6H2,1-5H3,(H,23,25)(H,26,27). The second kappa shape index (κ2) is 7.54. The summed E-state index contributed by atoms with van der Waals surface area (Å²) in [6.07, 6.45) is 0.714. The number of furan rings is 1. The Bertz CT molecular complexity index is 1040. The average Bonchev–Trinajstić information content (AvgIpc) is 3.22. The van der Waals surface area contributed by atoms with Crippen LogP contribution in [0.3, 0.4) is 0 Å². The monoisotopic (exact) mass is 382 g/mol. The van der Waals surface area contributed by atoms with Gasteiger partial charge < -0.3 is 19.8 Å². The van der Waals surface area contributed by atoms with E-state index in [4.69, 9.17) is 9.52 Å². The first-order chi connectivity index (χ1) is 13.2. The van der Waals surface area contributed by atoms with Gasteiger partial charge in [0.15, 0.2) is 5.76 Å². The van der Waals surface area contributed by atoms with Crippen molar-refractivity contribution in [2.24, 2.45) is 0 Å². The first kappa shape index (κ1) is 19.7. The lowest BCUT2D eigenvalue weighted by Gasteiger charge is -2.10. The molecule has 0 aliphatic rings. The Kier molecular flexibility index (Phi) is 5.31. The van der Waals surface area contributed by atoms with Crippen LogP contribution in [0, 0.1) is 0 Å². The van der Waals surface area contributed by atoms with Crippen LogP contribution in [0.1, 0.15) is 84.4 Å². The summed E-state index contributed by atoms with van der Waals surface area (Å²) >= 11 is 0. The van der Waals surface area contributed by atoms with Crippen molar-refractivity contribution in [3.63, 3.8) is 0 Å². The highest BCUT2D eigenvalue weighted by Crippen LogP contribution is 2.35. The molecule has 6 heteroatoms. The van der Waals surface area contributed by atoms with Crippen molar-refractivity contribution in [2.45, 2.75) is 52.9 Å². The van der Waals surface area contributed by atoms with E-state index in [9.17, 15) is 9.59 Å². The van der Waals surface area contributed by atoms with Gasteiger partial charge in [0.2, 0.25) is 0 Å². The maximum Gasteiger partial charge on any atom is 0.352 e. The van der Waals surface area contributed by atoms with Gasteiger partial charge in [0.25, 0.3) is 5.91 Å². The average molecular weight is 382 g/mol. The Hall–Kier alpha value is -3.02. The van der Waals surface area contributed by atoms with Crippen molar-refractivity contribution < 1.29 is 19.1 Å². The van der Waals surface area contributed by atoms with Crippen LogP contribution in [0.2, 0.25) is 0 Å². The second-order valence-electron chi connectivity index (χ2n) is 7.59. The maximum atomic E-state index is 12.9. The van der Waals surface area contributed by atoms with Crippen LogP contribution >= 0.6 is 0 Å². The first-order valence-corrected chi connectivity index (χ1v) is 9.55. The molecule has 0 fully saturated rings. The number of hydrogen-bond donors (Lipinski definition) is 3. The largest absolute Gasteiger partial charge is 0.477 e. The number of H-pyrrole nitrogens is 1. The van der Waals surface area contributed by atoms with Gasteiger partial charge in [0, 0.05) is 33.6 Å². The van der Waals surface area contributed by atoms with E-state index >= 15 is 0 Å². The molecule has 28 heavy (non-hydrogen) atoms. The van der Waals surface area contributed by atoms with Gasteiger partial charge in [-0.3, -0.25) is 4.79 Å². The highest BCUT2D eigenvalue weighted by Gasteiger charge is 2.26. The molecule has 0 radical (unpaired) electrons. The van der Waals surface area contributed by atoms with Gasteiger partial charge in [-0.1, -0.05) is 34.6 Å². The number of carbonyl (C=O) groups excluding carboxylic acids is 1. The summed E-state index contributed by atoms with van der Waals surface area (Å²) in [5.41, 5.74) is 3.47. The number of amides is 1. The number of aromatic carboxylic acids is 1. The number of carboxylic acids is 1. The van der Waals surface area contributed by atoms with Crippen LogP contribution in [0.25, 0.3) is 10.9 Å². The van der Waals surface area contributed by atoms with E-state index < -0.39 is 5.97 Å². The maximum absolute atomic E-state index is 12.9. The van der Waals surface area contributed by atoms with Gasteiger partial charge in [0.1, 0.15) is 11.5 Å². The molecule has 0 bridgehead atoms. The topological polar surface area (TPSA) is 95.3 Å². The lowest BCUT2D eigenvalue weighted by molar-refractivity contribution is 0.0691. The Morgan fingerprint density at radius 2 is 1.86 bits per heavy atom. The molecule has 0 saturated heterocycles. The third kappa shape index (κ3) is 3.54. The molecule has 0 unspecified atom stereocenters. The minimum Gasteiger partial charge on any atom is -0.477 e. The summed E-state index contributed by atoms with van der Waals surface area (Å²) in [5, 5.41) is 12.7. The van der Waals surface area contributed by atoms with Gasteiger partial charge in [-0.05, 0) is 36.6 Å². The minimum atomic E-state index is -1.02. The number of aromatic nitrogens is 1. The van der Waals surface area contributed by atoms with Crippen molar-refractivity contribution >= 4 is 28.5 Å². The van der Waals surface area contributed by atoms with E-state index in [-0.39, 0.29) is 23.4 Å². The summed E-state index contributed by atoms with van der Waals surface area (Å²) in [5.74, 6) is 0.365. The van der Waals surface area contributed by atoms with E-state index in [0.29, 0.717) is 23.4 Å². The van der Waals surface area contributed by atoms with E-state index in [1.165, 1.54) is 0 Å². The van der Waals surface area contributed by atoms with Gasteiger partial charge in [0.05, 0.1) is 0 Å². The zero-order valence-electron chi connectivity index (χ0n) is 16.8. The fourth-order valence-corrected chi connectivity index (χ4v) is 3.61. The summed E-state index contributed by atoms with van der Waals surface area (Å²) in [4.78, 5) is 26.9. The summed E-state index contributed by atoms with van der Waals surface area (Å²) in [6.45, 7) is 10.4. The molecule has 0 spiro atoms. The van der Waals surface area contributed by atoms with Gasteiger partial charge in [-0.15, -0.1) is 0 Å². The molecular formula is C22H26N2O4. The predicted octanol–water partition coefficient (Wildman–Crippen LogP) is 5.52. The molecule has 148 valence electrons. The Morgan fingerprint density at radius 3 is 2.43 bits per heavy atom. The lowest BCUT2D eigenvalue weighted by atomic mass is 9.92. The van der Waals surface area contributed by atoms with E-state index in [1.807, 2.05) is 6.92 Å². The Balaban J connectivity index is 1.95. The van der Waals surface area contributed by atoms with Crippen molar-refractivity contribution in [2.75, 3.05) is 5.32 Å². The van der Waals surface area contributed by atoms with Crippen molar-refractivity contribution in [1.82, 2.24) is 4.98 Å². The molecule has 2 heterocycles. The molecule has 0 saturated carbocycles. The van der Waals surface area contributed by atoms with E-state index in [1.54, 1.807) is 24.3 Å². The number of rotatable bonds is 6. The quantitative estimate of drug-likeness (QED) is 0.523. The Labute approximate surface area is 163 Å². The minimum absolute atomic E-state index is 0.112. The van der Waals surface area contributed by atoms with Gasteiger partial charge in [-0.2, -0.15) is 0 Å². The van der Waals surface area contributed by atoms with Crippen molar-refractivity contribution in [3.05, 3.63) is 52.6 Å². The zero-order valence-corrected chi connectivity index (χ0v) is 16.8. The van der Waals surface area contributed by atoms with Crippen LogP contribution in [-0.4, -0.2) is 22.0 Å². The van der Waals surface area contributed by atoms with Gasteiger partial charge >= 0.3 is 5.97 Å². The molecule has 1 aromatic carbocycles. The number of benzene rings is 1. The Morgan fingerprint density at radius 1 is 1.14 bits per heavy atom. The number of fused-ring (bicyclic) bond motifs is 1. The van der Waals surface area contributed by atoms with Crippen molar-refractivity contribution in [1.29, 1.82) is 0 Å². The number of hydrogen-bond acceptors (Lipinski definition) is 3. The van der Waals surface area contributed by atoms with Crippen molar-refractivity contribution in [3.8, 4) is 0 Å². The molecule has 3 N–H and O–H groups in total. The molecule has 2 aromatic heterocycles. The molecule has 3 rings (SSSR count). The predicted molar refractivity (Wildman–Crippen MR) is 109 cm³/mol. The number of anilines is 1. The lowest BCUT2D eigenvalue weighted by Crippen LogP contribution is -2.13.